The molecule has 0 aliphatic carbocycles. The minimum atomic E-state index is -0.119. The molecule has 0 saturated carbocycles. The first-order valence-electron chi connectivity index (χ1n) is 6.22. The van der Waals surface area contributed by atoms with Crippen LogP contribution in [0.1, 0.15) is 23.1 Å². The fraction of sp³-hybridized carbons (Fsp3) is 0.500. The Bertz CT molecular complexity index is 427. The molecule has 0 N–H and O–H groups in total. The molecule has 1 aliphatic rings. The van der Waals surface area contributed by atoms with E-state index >= 15 is 0 Å². The van der Waals surface area contributed by atoms with Crippen molar-refractivity contribution < 1.29 is 14.4 Å². The molecule has 1 aromatic rings. The van der Waals surface area contributed by atoms with Gasteiger partial charge in [-0.25, -0.2) is 5.06 Å². The van der Waals surface area contributed by atoms with Crippen LogP contribution in [0, 0.1) is 20.8 Å². The lowest BCUT2D eigenvalue weighted by Crippen LogP contribution is -2.31. The van der Waals surface area contributed by atoms with E-state index in [0.29, 0.717) is 13.2 Å². The summed E-state index contributed by atoms with van der Waals surface area (Å²) in [5.41, 5.74) is 3.32. The second-order valence-corrected chi connectivity index (χ2v) is 4.70. The summed E-state index contributed by atoms with van der Waals surface area (Å²) in [7, 11) is 0. The van der Waals surface area contributed by atoms with Gasteiger partial charge in [0, 0.05) is 0 Å². The van der Waals surface area contributed by atoms with Gasteiger partial charge in [0.2, 0.25) is 0 Å². The molecule has 0 unspecified atom stereocenters. The van der Waals surface area contributed by atoms with Gasteiger partial charge in [-0.2, -0.15) is 0 Å². The molecule has 1 amide bonds. The van der Waals surface area contributed by atoms with E-state index in [4.69, 9.17) is 9.57 Å². The molecule has 98 valence electrons. The number of hydrogen-bond acceptors (Lipinski definition) is 3. The van der Waals surface area contributed by atoms with Gasteiger partial charge in [0.1, 0.15) is 5.75 Å². The van der Waals surface area contributed by atoms with Crippen LogP contribution in [0.3, 0.4) is 0 Å². The highest BCUT2D eigenvalue weighted by Crippen LogP contribution is 2.24. The van der Waals surface area contributed by atoms with E-state index < -0.39 is 0 Å². The highest BCUT2D eigenvalue weighted by Gasteiger charge is 2.20. The van der Waals surface area contributed by atoms with Crippen molar-refractivity contribution in [2.45, 2.75) is 27.2 Å². The first-order chi connectivity index (χ1) is 8.58. The molecule has 1 fully saturated rings. The summed E-state index contributed by atoms with van der Waals surface area (Å²) in [6, 6.07) is 4.11. The highest BCUT2D eigenvalue weighted by molar-refractivity contribution is 5.77. The predicted octanol–water partition coefficient (Wildman–Crippen LogP) is 2.15. The zero-order chi connectivity index (χ0) is 13.1. The monoisotopic (exact) mass is 249 g/mol. The third-order valence-electron chi connectivity index (χ3n) is 2.98. The standard InChI is InChI=1S/C14H19NO3/c1-10-7-11(2)14(12(3)8-10)17-9-13(16)15-5-4-6-18-15/h7-8H,4-6,9H2,1-3H3. The number of hydroxylamine groups is 2. The average Bonchev–Trinajstić information content (AvgIpc) is 2.80. The van der Waals surface area contributed by atoms with Crippen molar-refractivity contribution in [3.63, 3.8) is 0 Å². The number of nitrogens with zero attached hydrogens (tertiary/aromatic N) is 1. The first-order valence-corrected chi connectivity index (χ1v) is 6.22. The Morgan fingerprint density at radius 2 is 2.00 bits per heavy atom. The molecule has 0 bridgehead atoms. The van der Waals surface area contributed by atoms with E-state index in [1.165, 1.54) is 10.6 Å². The van der Waals surface area contributed by atoms with Gasteiger partial charge >= 0.3 is 0 Å². The van der Waals surface area contributed by atoms with Crippen molar-refractivity contribution >= 4 is 5.91 Å². The maximum absolute atomic E-state index is 11.8. The van der Waals surface area contributed by atoms with Gasteiger partial charge in [-0.15, -0.1) is 0 Å². The Hall–Kier alpha value is -1.55. The maximum atomic E-state index is 11.8. The lowest BCUT2D eigenvalue weighted by molar-refractivity contribution is -0.170. The van der Waals surface area contributed by atoms with Crippen LogP contribution in [0.2, 0.25) is 0 Å². The summed E-state index contributed by atoms with van der Waals surface area (Å²) >= 11 is 0. The van der Waals surface area contributed by atoms with Crippen LogP contribution in [-0.2, 0) is 9.63 Å². The average molecular weight is 249 g/mol. The summed E-state index contributed by atoms with van der Waals surface area (Å²) in [5.74, 6) is 0.681. The van der Waals surface area contributed by atoms with E-state index in [0.717, 1.165) is 23.3 Å². The van der Waals surface area contributed by atoms with Crippen LogP contribution in [0.15, 0.2) is 12.1 Å². The molecule has 1 aromatic carbocycles. The summed E-state index contributed by atoms with van der Waals surface area (Å²) in [6.45, 7) is 7.35. The third kappa shape index (κ3) is 2.82. The van der Waals surface area contributed by atoms with Crippen LogP contribution in [0.5, 0.6) is 5.75 Å². The maximum Gasteiger partial charge on any atom is 0.283 e. The summed E-state index contributed by atoms with van der Waals surface area (Å²) in [5, 5.41) is 1.39. The zero-order valence-corrected chi connectivity index (χ0v) is 11.2. The largest absolute Gasteiger partial charge is 0.483 e. The molecule has 4 heteroatoms. The van der Waals surface area contributed by atoms with E-state index in [1.807, 2.05) is 20.8 Å². The third-order valence-corrected chi connectivity index (χ3v) is 2.98. The van der Waals surface area contributed by atoms with Crippen LogP contribution in [0.4, 0.5) is 0 Å². The predicted molar refractivity (Wildman–Crippen MR) is 68.4 cm³/mol. The molecular weight excluding hydrogens is 230 g/mol. The van der Waals surface area contributed by atoms with Crippen molar-refractivity contribution in [2.24, 2.45) is 0 Å². The lowest BCUT2D eigenvalue weighted by atomic mass is 10.1. The van der Waals surface area contributed by atoms with E-state index in [9.17, 15) is 4.79 Å². The molecule has 0 radical (unpaired) electrons. The molecule has 0 aromatic heterocycles. The van der Waals surface area contributed by atoms with Crippen molar-refractivity contribution in [2.75, 3.05) is 19.8 Å². The van der Waals surface area contributed by atoms with Crippen molar-refractivity contribution in [1.29, 1.82) is 0 Å². The summed E-state index contributed by atoms with van der Waals surface area (Å²) in [6.07, 6.45) is 0.897. The molecule has 0 atom stereocenters. The quantitative estimate of drug-likeness (QED) is 0.824. The van der Waals surface area contributed by atoms with Gasteiger partial charge in [0.05, 0.1) is 13.2 Å². The Morgan fingerprint density at radius 3 is 2.56 bits per heavy atom. The second-order valence-electron chi connectivity index (χ2n) is 4.70. The first kappa shape index (κ1) is 12.9. The SMILES string of the molecule is Cc1cc(C)c(OCC(=O)N2CCCO2)c(C)c1. The number of carbonyl (C=O) groups excluding carboxylic acids is 1. The molecule has 1 heterocycles. The number of benzene rings is 1. The van der Waals surface area contributed by atoms with E-state index in [2.05, 4.69) is 12.1 Å². The van der Waals surface area contributed by atoms with Gasteiger partial charge in [0.25, 0.3) is 5.91 Å². The van der Waals surface area contributed by atoms with Gasteiger partial charge in [0.15, 0.2) is 6.61 Å². The normalized spacial score (nSPS) is 14.9. The number of amides is 1. The van der Waals surface area contributed by atoms with Gasteiger partial charge in [-0.05, 0) is 38.3 Å². The number of ether oxygens (including phenoxy) is 1. The second kappa shape index (κ2) is 5.40. The summed E-state index contributed by atoms with van der Waals surface area (Å²) < 4.78 is 5.63. The van der Waals surface area contributed by atoms with Crippen LogP contribution in [-0.4, -0.2) is 30.7 Å². The fourth-order valence-electron chi connectivity index (χ4n) is 2.24. The Morgan fingerprint density at radius 1 is 1.33 bits per heavy atom. The van der Waals surface area contributed by atoms with Crippen LogP contribution < -0.4 is 4.74 Å². The molecule has 1 saturated heterocycles. The smallest absolute Gasteiger partial charge is 0.283 e. The molecule has 1 aliphatic heterocycles. The van der Waals surface area contributed by atoms with Gasteiger partial charge < -0.3 is 4.74 Å². The Labute approximate surface area is 107 Å². The number of aryl methyl sites for hydroxylation is 3. The fourth-order valence-corrected chi connectivity index (χ4v) is 2.24. The van der Waals surface area contributed by atoms with Crippen molar-refractivity contribution in [3.05, 3.63) is 28.8 Å². The zero-order valence-electron chi connectivity index (χ0n) is 11.2. The van der Waals surface area contributed by atoms with E-state index in [1.54, 1.807) is 0 Å². The van der Waals surface area contributed by atoms with Crippen molar-refractivity contribution in [1.82, 2.24) is 5.06 Å². The minimum absolute atomic E-state index is 0.0325. The Kier molecular flexibility index (Phi) is 3.87. The van der Waals surface area contributed by atoms with E-state index in [-0.39, 0.29) is 12.5 Å². The molecule has 2 rings (SSSR count). The lowest BCUT2D eigenvalue weighted by Gasteiger charge is -2.16. The molecular formula is C14H19NO3. The van der Waals surface area contributed by atoms with Crippen molar-refractivity contribution in [3.8, 4) is 5.75 Å². The topological polar surface area (TPSA) is 38.8 Å². The number of carbonyl (C=O) groups is 1. The van der Waals surface area contributed by atoms with Crippen LogP contribution >= 0.6 is 0 Å². The molecule has 4 nitrogen and oxygen atoms in total. The minimum Gasteiger partial charge on any atom is -0.483 e. The highest BCUT2D eigenvalue weighted by atomic mass is 16.7. The number of rotatable bonds is 3. The molecule has 18 heavy (non-hydrogen) atoms. The van der Waals surface area contributed by atoms with Gasteiger partial charge in [-0.1, -0.05) is 17.7 Å². The van der Waals surface area contributed by atoms with Gasteiger partial charge in [-0.3, -0.25) is 9.63 Å². The van der Waals surface area contributed by atoms with Crippen LogP contribution in [0.25, 0.3) is 0 Å². The Balaban J connectivity index is 1.99. The number of hydrogen-bond donors (Lipinski definition) is 0. The summed E-state index contributed by atoms with van der Waals surface area (Å²) in [4.78, 5) is 17.0. The molecule has 0 spiro atoms.